The van der Waals surface area contributed by atoms with E-state index in [2.05, 4.69) is 27.9 Å². The summed E-state index contributed by atoms with van der Waals surface area (Å²) in [6.07, 6.45) is 0. The summed E-state index contributed by atoms with van der Waals surface area (Å²) in [6.45, 7) is 0.497. The number of nitro benzene ring substituents is 1. The van der Waals surface area contributed by atoms with E-state index in [9.17, 15) is 10.1 Å². The second-order valence-corrected chi connectivity index (χ2v) is 4.95. The van der Waals surface area contributed by atoms with Gasteiger partial charge in [-0.25, -0.2) is 0 Å². The van der Waals surface area contributed by atoms with Gasteiger partial charge in [0.15, 0.2) is 3.77 Å². The Morgan fingerprint density at radius 2 is 2.17 bits per heavy atom. The van der Waals surface area contributed by atoms with Gasteiger partial charge in [0.2, 0.25) is 0 Å². The van der Waals surface area contributed by atoms with Crippen LogP contribution in [0.5, 0.6) is 0 Å². The minimum Gasteiger partial charge on any atom is -0.454 e. The molecule has 1 heterocycles. The average molecular weight is 379 g/mol. The maximum Gasteiger partial charge on any atom is 0.288 e. The van der Waals surface area contributed by atoms with Crippen LogP contribution in [0.25, 0.3) is 0 Å². The fourth-order valence-electron chi connectivity index (χ4n) is 1.40. The number of anilines is 1. The lowest BCUT2D eigenvalue weighted by Crippen LogP contribution is -1.98. The molecule has 7 heteroatoms. The molecule has 0 fully saturated rings. The fourth-order valence-corrected chi connectivity index (χ4v) is 2.11. The van der Waals surface area contributed by atoms with Crippen LogP contribution in [-0.4, -0.2) is 4.92 Å². The Hall–Kier alpha value is -1.28. The Morgan fingerprint density at radius 1 is 1.39 bits per heavy atom. The molecule has 1 N–H and O–H groups in total. The van der Waals surface area contributed by atoms with Gasteiger partial charge in [-0.2, -0.15) is 0 Å². The van der Waals surface area contributed by atoms with Gasteiger partial charge in [0.05, 0.1) is 11.5 Å². The van der Waals surface area contributed by atoms with Gasteiger partial charge in [-0.15, -0.1) is 0 Å². The van der Waals surface area contributed by atoms with Crippen molar-refractivity contribution in [1.29, 1.82) is 0 Å². The number of hydrogen-bond acceptors (Lipinski definition) is 4. The second-order valence-electron chi connectivity index (χ2n) is 3.48. The van der Waals surface area contributed by atoms with Crippen LogP contribution in [0.3, 0.4) is 0 Å². The smallest absolute Gasteiger partial charge is 0.288 e. The summed E-state index contributed by atoms with van der Waals surface area (Å²) in [5.41, 5.74) is 0.603. The predicted octanol–water partition coefficient (Wildman–Crippen LogP) is 4.06. The summed E-state index contributed by atoms with van der Waals surface area (Å²) < 4.78 is 6.19. The van der Waals surface area contributed by atoms with Gasteiger partial charge in [-0.3, -0.25) is 10.1 Å². The molecule has 2 rings (SSSR count). The molecule has 2 aromatic rings. The molecule has 0 aliphatic rings. The first-order chi connectivity index (χ1) is 8.56. The van der Waals surface area contributed by atoms with Crippen molar-refractivity contribution in [1.82, 2.24) is 0 Å². The van der Waals surface area contributed by atoms with Crippen LogP contribution in [0, 0.1) is 13.9 Å². The van der Waals surface area contributed by atoms with Crippen molar-refractivity contribution >= 4 is 45.6 Å². The maximum atomic E-state index is 10.6. The molecule has 1 aromatic carbocycles. The number of furan rings is 1. The molecule has 0 saturated carbocycles. The molecular formula is C11H8ClIN2O3. The molecule has 0 saturated heterocycles. The van der Waals surface area contributed by atoms with Crippen LogP contribution in [0.2, 0.25) is 5.02 Å². The number of nitrogens with zero attached hydrogens (tertiary/aromatic N) is 1. The summed E-state index contributed by atoms with van der Waals surface area (Å²) in [6, 6.07) is 8.23. The molecule has 1 aromatic heterocycles. The zero-order chi connectivity index (χ0) is 13.1. The molecular weight excluding hydrogens is 370 g/mol. The lowest BCUT2D eigenvalue weighted by atomic mass is 10.3. The molecule has 0 spiro atoms. The van der Waals surface area contributed by atoms with Gasteiger partial charge in [-0.1, -0.05) is 11.6 Å². The Bertz CT molecular complexity index is 585. The third-order valence-electron chi connectivity index (χ3n) is 2.24. The predicted molar refractivity (Wildman–Crippen MR) is 76.9 cm³/mol. The fraction of sp³-hybridized carbons (Fsp3) is 0.0909. The van der Waals surface area contributed by atoms with Gasteiger partial charge >= 0.3 is 0 Å². The number of halogens is 2. The van der Waals surface area contributed by atoms with Crippen molar-refractivity contribution in [3.63, 3.8) is 0 Å². The van der Waals surface area contributed by atoms with E-state index in [1.165, 1.54) is 12.1 Å². The Balaban J connectivity index is 2.06. The second kappa shape index (κ2) is 5.57. The van der Waals surface area contributed by atoms with E-state index in [4.69, 9.17) is 16.0 Å². The van der Waals surface area contributed by atoms with Crippen molar-refractivity contribution in [2.24, 2.45) is 0 Å². The summed E-state index contributed by atoms with van der Waals surface area (Å²) >= 11 is 7.89. The zero-order valence-corrected chi connectivity index (χ0v) is 11.9. The highest BCUT2D eigenvalue weighted by atomic mass is 127. The minimum absolute atomic E-state index is 0.102. The van der Waals surface area contributed by atoms with Gasteiger partial charge in [0.1, 0.15) is 10.8 Å². The lowest BCUT2D eigenvalue weighted by molar-refractivity contribution is -0.384. The molecule has 0 radical (unpaired) electrons. The van der Waals surface area contributed by atoms with Crippen molar-refractivity contribution in [3.05, 3.63) is 55.0 Å². The third-order valence-corrected chi connectivity index (χ3v) is 3.12. The summed E-state index contributed by atoms with van der Waals surface area (Å²) in [5, 5.41) is 13.8. The van der Waals surface area contributed by atoms with Crippen molar-refractivity contribution < 1.29 is 9.34 Å². The Morgan fingerprint density at radius 3 is 2.72 bits per heavy atom. The van der Waals surface area contributed by atoms with Crippen molar-refractivity contribution in [3.8, 4) is 0 Å². The van der Waals surface area contributed by atoms with Gasteiger partial charge in [0, 0.05) is 11.8 Å². The molecule has 0 unspecified atom stereocenters. The van der Waals surface area contributed by atoms with E-state index in [1.807, 2.05) is 12.1 Å². The monoisotopic (exact) mass is 378 g/mol. The number of rotatable bonds is 4. The average Bonchev–Trinajstić information content (AvgIpc) is 2.72. The lowest BCUT2D eigenvalue weighted by Gasteiger charge is -2.04. The summed E-state index contributed by atoms with van der Waals surface area (Å²) in [7, 11) is 0. The number of hydrogen-bond donors (Lipinski definition) is 1. The van der Waals surface area contributed by atoms with E-state index in [0.29, 0.717) is 12.2 Å². The maximum absolute atomic E-state index is 10.6. The van der Waals surface area contributed by atoms with Crippen LogP contribution < -0.4 is 5.32 Å². The Labute approximate surface area is 121 Å². The molecule has 94 valence electrons. The van der Waals surface area contributed by atoms with Crippen LogP contribution in [0.4, 0.5) is 11.4 Å². The van der Waals surface area contributed by atoms with Crippen molar-refractivity contribution in [2.75, 3.05) is 5.32 Å². The van der Waals surface area contributed by atoms with Crippen molar-refractivity contribution in [2.45, 2.75) is 6.54 Å². The topological polar surface area (TPSA) is 68.3 Å². The van der Waals surface area contributed by atoms with E-state index in [-0.39, 0.29) is 10.7 Å². The first-order valence-electron chi connectivity index (χ1n) is 4.98. The highest BCUT2D eigenvalue weighted by molar-refractivity contribution is 14.1. The molecule has 18 heavy (non-hydrogen) atoms. The highest BCUT2D eigenvalue weighted by Gasteiger charge is 2.11. The van der Waals surface area contributed by atoms with Gasteiger partial charge in [-0.05, 0) is 46.9 Å². The third kappa shape index (κ3) is 3.14. The first-order valence-corrected chi connectivity index (χ1v) is 6.44. The van der Waals surface area contributed by atoms with Crippen LogP contribution in [0.15, 0.2) is 34.7 Å². The molecule has 0 aliphatic carbocycles. The highest BCUT2D eigenvalue weighted by Crippen LogP contribution is 2.27. The van der Waals surface area contributed by atoms with Crippen LogP contribution in [0.1, 0.15) is 5.76 Å². The van der Waals surface area contributed by atoms with E-state index >= 15 is 0 Å². The molecule has 0 bridgehead atoms. The SMILES string of the molecule is O=[N+]([O-])c1ccc(NCc2ccc(I)o2)cc1Cl. The van der Waals surface area contributed by atoms with E-state index < -0.39 is 4.92 Å². The van der Waals surface area contributed by atoms with Gasteiger partial charge in [0.25, 0.3) is 5.69 Å². The standard InChI is InChI=1S/C11H8ClIN2O3/c12-9-5-7(1-3-10(9)15(16)17)14-6-8-2-4-11(13)18-8/h1-5,14H,6H2. The number of nitro groups is 1. The normalized spacial score (nSPS) is 10.3. The first kappa shape index (κ1) is 13.2. The van der Waals surface area contributed by atoms with Crippen LogP contribution in [-0.2, 0) is 6.54 Å². The molecule has 5 nitrogen and oxygen atoms in total. The number of nitrogens with one attached hydrogen (secondary N) is 1. The summed E-state index contributed by atoms with van der Waals surface area (Å²) in [4.78, 5) is 10.1. The Kier molecular flexibility index (Phi) is 4.07. The van der Waals surface area contributed by atoms with E-state index in [0.717, 1.165) is 9.53 Å². The summed E-state index contributed by atoms with van der Waals surface area (Å²) in [5.74, 6) is 0.786. The number of benzene rings is 1. The minimum atomic E-state index is -0.513. The quantitative estimate of drug-likeness (QED) is 0.495. The molecule has 0 amide bonds. The van der Waals surface area contributed by atoms with E-state index in [1.54, 1.807) is 6.07 Å². The van der Waals surface area contributed by atoms with Crippen LogP contribution >= 0.6 is 34.2 Å². The van der Waals surface area contributed by atoms with Gasteiger partial charge < -0.3 is 9.73 Å². The molecule has 0 atom stereocenters. The molecule has 0 aliphatic heterocycles. The largest absolute Gasteiger partial charge is 0.454 e. The zero-order valence-electron chi connectivity index (χ0n) is 9.02.